The van der Waals surface area contributed by atoms with Crippen LogP contribution in [0.1, 0.15) is 200 Å². The molecule has 0 bridgehead atoms. The van der Waals surface area contributed by atoms with Crippen molar-refractivity contribution in [3.63, 3.8) is 0 Å². The predicted molar refractivity (Wildman–Crippen MR) is 220 cm³/mol. The smallest absolute Gasteiger partial charge is 0.390 e. The van der Waals surface area contributed by atoms with Gasteiger partial charge < -0.3 is 46.0 Å². The van der Waals surface area contributed by atoms with E-state index in [1.165, 1.54) is 122 Å². The third kappa shape index (κ3) is 24.4. The van der Waals surface area contributed by atoms with Gasteiger partial charge in [0.2, 0.25) is 5.91 Å². The lowest BCUT2D eigenvalue weighted by molar-refractivity contribution is -0.220. The largest absolute Gasteiger partial charge is 0.472 e. The summed E-state index contributed by atoms with van der Waals surface area (Å²) in [4.78, 5) is 23.4. The number of carbonyl (C=O) groups is 1. The Balaban J connectivity index is 2.55. The molecule has 0 radical (unpaired) electrons. The van der Waals surface area contributed by atoms with Gasteiger partial charge in [0.15, 0.2) is 0 Å². The SMILES string of the molecule is CCCCCCCCCCCCCCCCCC(=O)NC(COP(=O)(O)OC1C(O)C(O)C(O)C(O)C1O)C(O)C(O)CCCCCCCCCCCCCC. The van der Waals surface area contributed by atoms with Crippen LogP contribution in [0.3, 0.4) is 0 Å². The van der Waals surface area contributed by atoms with Crippen molar-refractivity contribution in [1.29, 1.82) is 0 Å². The number of unbranched alkanes of at least 4 members (excludes halogenated alkanes) is 25. The van der Waals surface area contributed by atoms with E-state index in [0.717, 1.165) is 38.5 Å². The van der Waals surface area contributed by atoms with Crippen LogP contribution in [0.25, 0.3) is 0 Å². The molecule has 1 rings (SSSR count). The van der Waals surface area contributed by atoms with Gasteiger partial charge in [-0.05, 0) is 12.8 Å². The Bertz CT molecular complexity index is 979. The summed E-state index contributed by atoms with van der Waals surface area (Å²) in [6.07, 6.45) is 17.1. The van der Waals surface area contributed by atoms with Crippen LogP contribution < -0.4 is 5.32 Å². The zero-order valence-corrected chi connectivity index (χ0v) is 36.0. The lowest BCUT2D eigenvalue weighted by Gasteiger charge is -2.41. The summed E-state index contributed by atoms with van der Waals surface area (Å²) >= 11 is 0. The number of nitrogens with one attached hydrogen (secondary N) is 1. The molecule has 14 heteroatoms. The fraction of sp³-hybridized carbons (Fsp3) is 0.976. The normalized spacial score (nSPS) is 24.1. The van der Waals surface area contributed by atoms with Gasteiger partial charge in [-0.3, -0.25) is 13.8 Å². The minimum atomic E-state index is -5.15. The molecule has 0 saturated heterocycles. The topological polar surface area (TPSA) is 226 Å². The number of phosphoric ester groups is 1. The second kappa shape index (κ2) is 33.1. The van der Waals surface area contributed by atoms with Crippen LogP contribution in [-0.2, 0) is 18.4 Å². The summed E-state index contributed by atoms with van der Waals surface area (Å²) < 4.78 is 22.8. The molecule has 0 heterocycles. The highest BCUT2D eigenvalue weighted by Crippen LogP contribution is 2.47. The number of hydrogen-bond acceptors (Lipinski definition) is 11. The lowest BCUT2D eigenvalue weighted by Crippen LogP contribution is -2.64. The standard InChI is InChI=1S/C42H84NO12P/c1-3-5-7-9-11-13-15-17-18-19-21-23-25-27-29-31-35(45)43-33(32-54-56(52,53)55-42-40(50)38(48)37(47)39(49)41(42)51)36(46)34(44)30-28-26-24-22-20-16-14-12-10-8-6-4-2/h33-34,36-42,44,46-51H,3-32H2,1-2H3,(H,43,45)(H,52,53). The van der Waals surface area contributed by atoms with E-state index in [0.29, 0.717) is 12.8 Å². The van der Waals surface area contributed by atoms with Crippen LogP contribution >= 0.6 is 7.82 Å². The molecule has 334 valence electrons. The first kappa shape index (κ1) is 53.3. The maximum absolute atomic E-state index is 13.0. The lowest BCUT2D eigenvalue weighted by atomic mass is 9.85. The molecule has 0 aromatic carbocycles. The number of amides is 1. The highest BCUT2D eigenvalue weighted by Gasteiger charge is 2.51. The van der Waals surface area contributed by atoms with Crippen molar-refractivity contribution in [1.82, 2.24) is 5.32 Å². The molecule has 9 N–H and O–H groups in total. The Kier molecular flexibility index (Phi) is 31.5. The highest BCUT2D eigenvalue weighted by molar-refractivity contribution is 7.47. The number of hydrogen-bond donors (Lipinski definition) is 9. The molecule has 13 nitrogen and oxygen atoms in total. The van der Waals surface area contributed by atoms with E-state index in [1.54, 1.807) is 0 Å². The van der Waals surface area contributed by atoms with Crippen LogP contribution in [0.15, 0.2) is 0 Å². The molecule has 1 aliphatic rings. The molecule has 8 unspecified atom stereocenters. The van der Waals surface area contributed by atoms with E-state index in [1.807, 2.05) is 0 Å². The Hall–Kier alpha value is -0.700. The Morgan fingerprint density at radius 3 is 1.29 bits per heavy atom. The molecule has 56 heavy (non-hydrogen) atoms. The fourth-order valence-electron chi connectivity index (χ4n) is 7.48. The third-order valence-corrected chi connectivity index (χ3v) is 12.2. The van der Waals surface area contributed by atoms with E-state index >= 15 is 0 Å². The number of rotatable bonds is 37. The minimum Gasteiger partial charge on any atom is -0.390 e. The van der Waals surface area contributed by atoms with Crippen molar-refractivity contribution < 1.29 is 59.0 Å². The Labute approximate surface area is 339 Å². The zero-order chi connectivity index (χ0) is 41.6. The first-order valence-electron chi connectivity index (χ1n) is 22.6. The molecular weight excluding hydrogens is 741 g/mol. The van der Waals surface area contributed by atoms with Gasteiger partial charge in [-0.25, -0.2) is 4.57 Å². The van der Waals surface area contributed by atoms with Crippen molar-refractivity contribution in [2.24, 2.45) is 0 Å². The molecule has 1 amide bonds. The van der Waals surface area contributed by atoms with E-state index in [4.69, 9.17) is 9.05 Å². The quantitative estimate of drug-likeness (QED) is 0.0231. The fourth-order valence-corrected chi connectivity index (χ4v) is 8.44. The molecule has 0 spiro atoms. The molecule has 0 aliphatic heterocycles. The molecule has 1 saturated carbocycles. The molecular formula is C42H84NO12P. The number of aliphatic hydroxyl groups is 7. The summed E-state index contributed by atoms with van der Waals surface area (Å²) in [5.41, 5.74) is 0. The number of phosphoric acid groups is 1. The van der Waals surface area contributed by atoms with Gasteiger partial charge in [-0.1, -0.05) is 181 Å². The third-order valence-electron chi connectivity index (χ3n) is 11.3. The van der Waals surface area contributed by atoms with Crippen molar-refractivity contribution in [2.75, 3.05) is 6.61 Å². The van der Waals surface area contributed by atoms with Gasteiger partial charge in [0.25, 0.3) is 0 Å². The molecule has 1 fully saturated rings. The second-order valence-electron chi connectivity index (χ2n) is 16.4. The van der Waals surface area contributed by atoms with Crippen LogP contribution in [0.5, 0.6) is 0 Å². The summed E-state index contributed by atoms with van der Waals surface area (Å²) in [5.74, 6) is -0.419. The summed E-state index contributed by atoms with van der Waals surface area (Å²) in [6, 6.07) is -1.30. The highest BCUT2D eigenvalue weighted by atomic mass is 31.2. The van der Waals surface area contributed by atoms with Gasteiger partial charge in [0.1, 0.15) is 42.7 Å². The Morgan fingerprint density at radius 2 is 0.893 bits per heavy atom. The van der Waals surface area contributed by atoms with Crippen molar-refractivity contribution in [3.8, 4) is 0 Å². The number of aliphatic hydroxyl groups excluding tert-OH is 7. The van der Waals surface area contributed by atoms with Gasteiger partial charge in [0.05, 0.1) is 18.8 Å². The van der Waals surface area contributed by atoms with Gasteiger partial charge in [-0.2, -0.15) is 0 Å². The summed E-state index contributed by atoms with van der Waals surface area (Å²) in [5, 5.41) is 74.8. The van der Waals surface area contributed by atoms with E-state index < -0.39 is 75.2 Å². The van der Waals surface area contributed by atoms with Crippen molar-refractivity contribution >= 4 is 13.7 Å². The van der Waals surface area contributed by atoms with Gasteiger partial charge >= 0.3 is 7.82 Å². The maximum Gasteiger partial charge on any atom is 0.472 e. The van der Waals surface area contributed by atoms with Crippen molar-refractivity contribution in [2.45, 2.75) is 255 Å². The van der Waals surface area contributed by atoms with E-state index in [2.05, 4.69) is 19.2 Å². The van der Waals surface area contributed by atoms with Gasteiger partial charge in [-0.15, -0.1) is 0 Å². The number of carbonyl (C=O) groups excluding carboxylic acids is 1. The molecule has 0 aromatic heterocycles. The predicted octanol–water partition coefficient (Wildman–Crippen LogP) is 6.87. The summed E-state index contributed by atoms with van der Waals surface area (Å²) in [7, 11) is -5.15. The van der Waals surface area contributed by atoms with Crippen molar-refractivity contribution in [3.05, 3.63) is 0 Å². The average Bonchev–Trinajstić information content (AvgIpc) is 3.18. The zero-order valence-electron chi connectivity index (χ0n) is 35.1. The first-order chi connectivity index (χ1) is 26.9. The van der Waals surface area contributed by atoms with E-state index in [9.17, 15) is 50.0 Å². The average molecular weight is 826 g/mol. The van der Waals surface area contributed by atoms with Crippen LogP contribution in [-0.4, -0.2) is 108 Å². The minimum absolute atomic E-state index is 0.155. The monoisotopic (exact) mass is 826 g/mol. The van der Waals surface area contributed by atoms with Crippen LogP contribution in [0.2, 0.25) is 0 Å². The molecule has 8 atom stereocenters. The summed E-state index contributed by atoms with van der Waals surface area (Å²) in [6.45, 7) is 3.69. The van der Waals surface area contributed by atoms with Crippen LogP contribution in [0.4, 0.5) is 0 Å². The molecule has 1 aliphatic carbocycles. The first-order valence-corrected chi connectivity index (χ1v) is 24.1. The van der Waals surface area contributed by atoms with E-state index in [-0.39, 0.29) is 12.8 Å². The van der Waals surface area contributed by atoms with Crippen LogP contribution in [0, 0.1) is 0 Å². The molecule has 0 aromatic rings. The second-order valence-corrected chi connectivity index (χ2v) is 17.8. The van der Waals surface area contributed by atoms with Gasteiger partial charge in [0, 0.05) is 6.42 Å². The maximum atomic E-state index is 13.0. The Morgan fingerprint density at radius 1 is 0.554 bits per heavy atom.